The van der Waals surface area contributed by atoms with Crippen LogP contribution in [0.5, 0.6) is 0 Å². The van der Waals surface area contributed by atoms with Gasteiger partial charge in [-0.1, -0.05) is 5.21 Å². The third-order valence-corrected chi connectivity index (χ3v) is 3.74. The highest BCUT2D eigenvalue weighted by atomic mass is 16.6. The Labute approximate surface area is 140 Å². The first kappa shape index (κ1) is 16.8. The molecule has 1 saturated heterocycles. The van der Waals surface area contributed by atoms with Gasteiger partial charge in [-0.3, -0.25) is 14.4 Å². The Morgan fingerprint density at radius 3 is 2.84 bits per heavy atom. The molecule has 4 N–H and O–H groups in total. The van der Waals surface area contributed by atoms with Crippen molar-refractivity contribution in [2.75, 3.05) is 12.3 Å². The Balaban J connectivity index is 1.90. The van der Waals surface area contributed by atoms with Crippen molar-refractivity contribution in [1.29, 1.82) is 0 Å². The van der Waals surface area contributed by atoms with E-state index < -0.39 is 23.7 Å². The molecule has 134 valence electrons. The number of nitrogens with zero attached hydrogens (tertiary/aromatic N) is 5. The summed E-state index contributed by atoms with van der Waals surface area (Å²) in [6.45, 7) is 1.10. The van der Waals surface area contributed by atoms with Crippen LogP contribution in [0.25, 0.3) is 11.0 Å². The molecule has 25 heavy (non-hydrogen) atoms. The molecule has 2 aromatic heterocycles. The van der Waals surface area contributed by atoms with Crippen LogP contribution in [0.15, 0.2) is 4.79 Å². The van der Waals surface area contributed by atoms with Gasteiger partial charge in [-0.05, 0) is 12.8 Å². The number of nitrogen functional groups attached to an aromatic ring is 1. The molecule has 0 saturated carbocycles. The highest BCUT2D eigenvalue weighted by molar-refractivity contribution is 5.85. The van der Waals surface area contributed by atoms with E-state index in [1.807, 2.05) is 0 Å². The number of carbonyl (C=O) groups excluding carboxylic acids is 2. The van der Waals surface area contributed by atoms with E-state index in [1.165, 1.54) is 6.92 Å². The molecule has 12 heteroatoms. The zero-order valence-electron chi connectivity index (χ0n) is 13.4. The van der Waals surface area contributed by atoms with Gasteiger partial charge in [-0.2, -0.15) is 9.78 Å². The molecule has 3 heterocycles. The Morgan fingerprint density at radius 2 is 2.16 bits per heavy atom. The van der Waals surface area contributed by atoms with E-state index >= 15 is 0 Å². The molecule has 2 aromatic rings. The maximum absolute atomic E-state index is 12.7. The topological polar surface area (TPSA) is 170 Å². The van der Waals surface area contributed by atoms with Crippen molar-refractivity contribution in [1.82, 2.24) is 24.8 Å². The molecule has 0 spiro atoms. The summed E-state index contributed by atoms with van der Waals surface area (Å²) in [5.41, 5.74) is 10.4. The predicted molar refractivity (Wildman–Crippen MR) is 83.0 cm³/mol. The van der Waals surface area contributed by atoms with Gasteiger partial charge < -0.3 is 20.9 Å². The molecule has 0 bridgehead atoms. The van der Waals surface area contributed by atoms with Crippen LogP contribution in [-0.2, 0) is 25.6 Å². The molecule has 0 radical (unpaired) electrons. The average Bonchev–Trinajstić information content (AvgIpc) is 3.11. The number of primary amides is 1. The molecule has 0 aromatic carbocycles. The number of amides is 1. The van der Waals surface area contributed by atoms with E-state index in [9.17, 15) is 14.4 Å². The average molecular weight is 351 g/mol. The summed E-state index contributed by atoms with van der Waals surface area (Å²) < 4.78 is 12.8. The Morgan fingerprint density at radius 1 is 1.40 bits per heavy atom. The molecular formula is C13H17N7O5. The largest absolute Gasteiger partial charge is 0.463 e. The van der Waals surface area contributed by atoms with Crippen molar-refractivity contribution in [3.63, 3.8) is 0 Å². The number of aromatic nitrogens is 5. The first-order valence-corrected chi connectivity index (χ1v) is 7.55. The summed E-state index contributed by atoms with van der Waals surface area (Å²) in [6, 6.07) is 0. The van der Waals surface area contributed by atoms with Gasteiger partial charge in [0, 0.05) is 6.92 Å². The number of fused-ring (bicyclic) bond motifs is 1. The van der Waals surface area contributed by atoms with Crippen LogP contribution in [0.2, 0.25) is 0 Å². The molecule has 0 aliphatic carbocycles. The van der Waals surface area contributed by atoms with Crippen LogP contribution < -0.4 is 17.0 Å². The fourth-order valence-electron chi connectivity index (χ4n) is 2.67. The number of anilines is 1. The summed E-state index contributed by atoms with van der Waals surface area (Å²) in [5.74, 6) is -1.10. The van der Waals surface area contributed by atoms with Crippen LogP contribution in [0.1, 0.15) is 26.0 Å². The number of ether oxygens (including phenoxy) is 2. The predicted octanol–water partition coefficient (Wildman–Crippen LogP) is -1.70. The SMILES string of the molecule is CC(=O)OCC1CCC(n2nnc3c(N)nn(CC(N)=O)c3c2=O)O1. The number of esters is 1. The molecule has 3 rings (SSSR count). The molecule has 1 amide bonds. The van der Waals surface area contributed by atoms with Gasteiger partial charge in [0.25, 0.3) is 5.56 Å². The number of hydrogen-bond acceptors (Lipinski definition) is 9. The Kier molecular flexibility index (Phi) is 4.35. The summed E-state index contributed by atoms with van der Waals surface area (Å²) in [6.07, 6.45) is 0.0835. The van der Waals surface area contributed by atoms with Crippen LogP contribution >= 0.6 is 0 Å². The number of hydrogen-bond donors (Lipinski definition) is 2. The molecule has 1 aliphatic heterocycles. The third-order valence-electron chi connectivity index (χ3n) is 3.74. The van der Waals surface area contributed by atoms with Crippen LogP contribution in [-0.4, -0.2) is 49.4 Å². The first-order chi connectivity index (χ1) is 11.9. The summed E-state index contributed by atoms with van der Waals surface area (Å²) >= 11 is 0. The van der Waals surface area contributed by atoms with Gasteiger partial charge in [0.05, 0.1) is 6.10 Å². The zero-order chi connectivity index (χ0) is 18.1. The lowest BCUT2D eigenvalue weighted by Crippen LogP contribution is -2.31. The lowest BCUT2D eigenvalue weighted by molar-refractivity contribution is -0.146. The zero-order valence-corrected chi connectivity index (χ0v) is 13.4. The Hall–Kier alpha value is -3.02. The van der Waals surface area contributed by atoms with Crippen LogP contribution in [0.3, 0.4) is 0 Å². The van der Waals surface area contributed by atoms with Gasteiger partial charge in [0.15, 0.2) is 23.1 Å². The second-order valence-electron chi connectivity index (χ2n) is 5.64. The second-order valence-corrected chi connectivity index (χ2v) is 5.64. The minimum absolute atomic E-state index is 0.0203. The van der Waals surface area contributed by atoms with Crippen molar-refractivity contribution >= 4 is 28.7 Å². The van der Waals surface area contributed by atoms with Crippen LogP contribution in [0.4, 0.5) is 5.82 Å². The first-order valence-electron chi connectivity index (χ1n) is 7.55. The normalized spacial score (nSPS) is 20.0. The fourth-order valence-corrected chi connectivity index (χ4v) is 2.67. The molecular weight excluding hydrogens is 334 g/mol. The fraction of sp³-hybridized carbons (Fsp3) is 0.538. The number of rotatable bonds is 5. The quantitative estimate of drug-likeness (QED) is 0.595. The maximum Gasteiger partial charge on any atom is 0.302 e. The molecule has 1 fully saturated rings. The van der Waals surface area contributed by atoms with E-state index in [0.29, 0.717) is 12.8 Å². The van der Waals surface area contributed by atoms with Crippen molar-refractivity contribution < 1.29 is 19.1 Å². The van der Waals surface area contributed by atoms with E-state index in [-0.39, 0.29) is 36.1 Å². The monoisotopic (exact) mass is 351 g/mol. The number of carbonyl (C=O) groups is 2. The lowest BCUT2D eigenvalue weighted by Gasteiger charge is -2.14. The minimum Gasteiger partial charge on any atom is -0.463 e. The molecule has 2 atom stereocenters. The standard InChI is InChI=1S/C13H17N7O5/c1-6(21)24-5-7-2-3-9(25-7)20-13(23)11-10(16-18-20)12(15)17-19(11)4-8(14)22/h7,9H,2-5H2,1H3,(H2,14,22)(H2,15,17). The third kappa shape index (κ3) is 3.28. The van der Waals surface area contributed by atoms with Gasteiger partial charge in [0.1, 0.15) is 13.2 Å². The molecule has 2 unspecified atom stereocenters. The Bertz CT molecular complexity index is 889. The van der Waals surface area contributed by atoms with E-state index in [0.717, 1.165) is 9.36 Å². The van der Waals surface area contributed by atoms with E-state index in [1.54, 1.807) is 0 Å². The highest BCUT2D eigenvalue weighted by Crippen LogP contribution is 2.27. The van der Waals surface area contributed by atoms with Crippen molar-refractivity contribution in [3.8, 4) is 0 Å². The minimum atomic E-state index is -0.675. The van der Waals surface area contributed by atoms with Gasteiger partial charge in [-0.15, -0.1) is 5.10 Å². The van der Waals surface area contributed by atoms with Gasteiger partial charge in [0.2, 0.25) is 5.91 Å². The second kappa shape index (κ2) is 6.47. The van der Waals surface area contributed by atoms with Crippen molar-refractivity contribution in [2.24, 2.45) is 5.73 Å². The number of nitrogens with two attached hydrogens (primary N) is 2. The molecule has 12 nitrogen and oxygen atoms in total. The van der Waals surface area contributed by atoms with Crippen molar-refractivity contribution in [2.45, 2.75) is 38.6 Å². The van der Waals surface area contributed by atoms with E-state index in [2.05, 4.69) is 15.4 Å². The van der Waals surface area contributed by atoms with Gasteiger partial charge >= 0.3 is 5.97 Å². The maximum atomic E-state index is 12.7. The highest BCUT2D eigenvalue weighted by Gasteiger charge is 2.30. The van der Waals surface area contributed by atoms with Crippen LogP contribution in [0, 0.1) is 0 Å². The van der Waals surface area contributed by atoms with E-state index in [4.69, 9.17) is 20.9 Å². The summed E-state index contributed by atoms with van der Waals surface area (Å²) in [7, 11) is 0. The summed E-state index contributed by atoms with van der Waals surface area (Å²) in [4.78, 5) is 34.7. The van der Waals surface area contributed by atoms with Crippen molar-refractivity contribution in [3.05, 3.63) is 10.4 Å². The lowest BCUT2D eigenvalue weighted by atomic mass is 10.2. The van der Waals surface area contributed by atoms with Gasteiger partial charge in [-0.25, -0.2) is 4.68 Å². The smallest absolute Gasteiger partial charge is 0.302 e. The molecule has 1 aliphatic rings. The summed E-state index contributed by atoms with van der Waals surface area (Å²) in [5, 5.41) is 11.6.